The van der Waals surface area contributed by atoms with Gasteiger partial charge >= 0.3 is 0 Å². The summed E-state index contributed by atoms with van der Waals surface area (Å²) in [5, 5.41) is 1.82. The lowest BCUT2D eigenvalue weighted by atomic mass is 10.1. The Kier molecular flexibility index (Phi) is 4.36. The highest BCUT2D eigenvalue weighted by Gasteiger charge is 2.32. The van der Waals surface area contributed by atoms with Gasteiger partial charge in [0, 0.05) is 29.3 Å². The van der Waals surface area contributed by atoms with Crippen LogP contribution in [-0.4, -0.2) is 28.4 Å². The van der Waals surface area contributed by atoms with Gasteiger partial charge in [-0.1, -0.05) is 17.7 Å². The molecule has 0 aliphatic heterocycles. The zero-order valence-corrected chi connectivity index (χ0v) is 14.5. The molecule has 1 heterocycles. The number of hydrogen-bond acceptors (Lipinski definition) is 2. The Labute approximate surface area is 151 Å². The number of fused-ring (bicyclic) bond motifs is 1. The number of halogens is 1. The number of nitrogens with zero attached hydrogens (tertiary/aromatic N) is 1. The maximum Gasteiger partial charge on any atom is 0.261 e. The predicted octanol–water partition coefficient (Wildman–Crippen LogP) is 4.39. The number of benzene rings is 2. The molecule has 1 fully saturated rings. The van der Waals surface area contributed by atoms with Crippen LogP contribution >= 0.6 is 11.6 Å². The molecule has 0 saturated heterocycles. The second-order valence-electron chi connectivity index (χ2n) is 6.39. The third-order valence-corrected chi connectivity index (χ3v) is 4.71. The number of nitrogens with one attached hydrogen (secondary N) is 1. The maximum atomic E-state index is 12.7. The molecule has 0 atom stereocenters. The number of carbonyl (C=O) groups is 1. The number of amides is 1. The van der Waals surface area contributed by atoms with E-state index in [1.54, 1.807) is 24.3 Å². The normalized spacial score (nSPS) is 13.8. The highest BCUT2D eigenvalue weighted by Crippen LogP contribution is 2.29. The minimum absolute atomic E-state index is 0.0200. The minimum atomic E-state index is 0.0200. The molecule has 2 aromatic carbocycles. The molecule has 1 aliphatic carbocycles. The van der Waals surface area contributed by atoms with Gasteiger partial charge < -0.3 is 14.6 Å². The standard InChI is InChI=1S/C20H19ClN2O2/c21-16-2-6-18(7-3-16)25-13-20(24)23(17-4-5-17)12-14-1-8-19-15(11-14)9-10-22-19/h1-3,6-11,17,22H,4-5,12-13H2. The monoisotopic (exact) mass is 354 g/mol. The summed E-state index contributed by atoms with van der Waals surface area (Å²) in [6, 6.07) is 15.7. The Morgan fingerprint density at radius 2 is 1.96 bits per heavy atom. The fraction of sp³-hybridized carbons (Fsp3) is 0.250. The summed E-state index contributed by atoms with van der Waals surface area (Å²) in [5.41, 5.74) is 2.25. The van der Waals surface area contributed by atoms with Crippen LogP contribution in [0.1, 0.15) is 18.4 Å². The van der Waals surface area contributed by atoms with Crippen molar-refractivity contribution in [1.29, 1.82) is 0 Å². The highest BCUT2D eigenvalue weighted by atomic mass is 35.5. The Morgan fingerprint density at radius 3 is 2.72 bits per heavy atom. The lowest BCUT2D eigenvalue weighted by Gasteiger charge is -2.23. The van der Waals surface area contributed by atoms with Gasteiger partial charge in [-0.25, -0.2) is 0 Å². The first-order valence-electron chi connectivity index (χ1n) is 8.43. The number of aromatic amines is 1. The molecule has 1 aliphatic rings. The van der Waals surface area contributed by atoms with Crippen molar-refractivity contribution < 1.29 is 9.53 Å². The van der Waals surface area contributed by atoms with Gasteiger partial charge in [-0.3, -0.25) is 4.79 Å². The molecule has 1 N–H and O–H groups in total. The molecular formula is C20H19ClN2O2. The van der Waals surface area contributed by atoms with Gasteiger partial charge in [0.05, 0.1) is 0 Å². The van der Waals surface area contributed by atoms with Crippen molar-refractivity contribution in [2.24, 2.45) is 0 Å². The summed E-state index contributed by atoms with van der Waals surface area (Å²) in [6.07, 6.45) is 4.07. The van der Waals surface area contributed by atoms with E-state index in [4.69, 9.17) is 16.3 Å². The van der Waals surface area contributed by atoms with Gasteiger partial charge in [-0.2, -0.15) is 0 Å². The van der Waals surface area contributed by atoms with E-state index in [0.29, 0.717) is 23.4 Å². The van der Waals surface area contributed by atoms with Crippen LogP contribution in [0.2, 0.25) is 5.02 Å². The first kappa shape index (κ1) is 16.0. The number of aromatic nitrogens is 1. The van der Waals surface area contributed by atoms with Gasteiger partial charge in [0.1, 0.15) is 5.75 Å². The minimum Gasteiger partial charge on any atom is -0.484 e. The van der Waals surface area contributed by atoms with E-state index in [-0.39, 0.29) is 12.5 Å². The zero-order chi connectivity index (χ0) is 17.2. The molecule has 5 heteroatoms. The van der Waals surface area contributed by atoms with E-state index < -0.39 is 0 Å². The van der Waals surface area contributed by atoms with Crippen LogP contribution < -0.4 is 4.74 Å². The fourth-order valence-corrected chi connectivity index (χ4v) is 3.09. The molecule has 1 saturated carbocycles. The average Bonchev–Trinajstić information content (AvgIpc) is 3.36. The summed E-state index contributed by atoms with van der Waals surface area (Å²) in [5.74, 6) is 0.675. The molecule has 0 spiro atoms. The molecule has 0 unspecified atom stereocenters. The second kappa shape index (κ2) is 6.81. The summed E-state index contributed by atoms with van der Waals surface area (Å²) in [7, 11) is 0. The number of rotatable bonds is 6. The number of ether oxygens (including phenoxy) is 1. The Morgan fingerprint density at radius 1 is 1.16 bits per heavy atom. The lowest BCUT2D eigenvalue weighted by Crippen LogP contribution is -2.36. The molecule has 3 aromatic rings. The molecule has 1 aromatic heterocycles. The maximum absolute atomic E-state index is 12.7. The van der Waals surface area contributed by atoms with Crippen LogP contribution in [0.3, 0.4) is 0 Å². The van der Waals surface area contributed by atoms with E-state index in [9.17, 15) is 4.79 Å². The van der Waals surface area contributed by atoms with Crippen molar-refractivity contribution in [3.05, 3.63) is 65.3 Å². The topological polar surface area (TPSA) is 45.3 Å². The summed E-state index contributed by atoms with van der Waals surface area (Å²) in [4.78, 5) is 17.8. The first-order chi connectivity index (χ1) is 12.2. The van der Waals surface area contributed by atoms with Crippen molar-refractivity contribution in [3.8, 4) is 5.75 Å². The fourth-order valence-electron chi connectivity index (χ4n) is 2.96. The predicted molar refractivity (Wildman–Crippen MR) is 98.8 cm³/mol. The van der Waals surface area contributed by atoms with Gasteiger partial charge in [0.2, 0.25) is 0 Å². The highest BCUT2D eigenvalue weighted by molar-refractivity contribution is 6.30. The molecule has 25 heavy (non-hydrogen) atoms. The Bertz CT molecular complexity index is 884. The van der Waals surface area contributed by atoms with Crippen molar-refractivity contribution in [3.63, 3.8) is 0 Å². The Balaban J connectivity index is 1.43. The molecule has 0 bridgehead atoms. The lowest BCUT2D eigenvalue weighted by molar-refractivity contribution is -0.134. The largest absolute Gasteiger partial charge is 0.484 e. The third kappa shape index (κ3) is 3.80. The van der Waals surface area contributed by atoms with Gasteiger partial charge in [-0.05, 0) is 66.3 Å². The molecule has 4 rings (SSSR count). The smallest absolute Gasteiger partial charge is 0.261 e. The van der Waals surface area contributed by atoms with Gasteiger partial charge in [0.15, 0.2) is 6.61 Å². The number of H-pyrrole nitrogens is 1. The van der Waals surface area contributed by atoms with Crippen molar-refractivity contribution in [1.82, 2.24) is 9.88 Å². The molecule has 128 valence electrons. The van der Waals surface area contributed by atoms with Crippen LogP contribution in [0.4, 0.5) is 0 Å². The molecule has 1 amide bonds. The SMILES string of the molecule is O=C(COc1ccc(Cl)cc1)N(Cc1ccc2[nH]ccc2c1)C1CC1. The molecule has 4 nitrogen and oxygen atoms in total. The van der Waals surface area contributed by atoms with Crippen LogP contribution in [0.5, 0.6) is 5.75 Å². The van der Waals surface area contributed by atoms with Gasteiger partial charge in [-0.15, -0.1) is 0 Å². The number of hydrogen-bond donors (Lipinski definition) is 1. The molecular weight excluding hydrogens is 336 g/mol. The Hall–Kier alpha value is -2.46. The van der Waals surface area contributed by atoms with Crippen molar-refractivity contribution in [2.75, 3.05) is 6.61 Å². The van der Waals surface area contributed by atoms with Gasteiger partial charge in [0.25, 0.3) is 5.91 Å². The second-order valence-corrected chi connectivity index (χ2v) is 6.83. The van der Waals surface area contributed by atoms with E-state index >= 15 is 0 Å². The van der Waals surface area contributed by atoms with Crippen molar-refractivity contribution in [2.45, 2.75) is 25.4 Å². The van der Waals surface area contributed by atoms with Crippen molar-refractivity contribution >= 4 is 28.4 Å². The third-order valence-electron chi connectivity index (χ3n) is 4.45. The average molecular weight is 355 g/mol. The van der Waals surface area contributed by atoms with E-state index in [2.05, 4.69) is 23.2 Å². The summed E-state index contributed by atoms with van der Waals surface area (Å²) >= 11 is 5.87. The summed E-state index contributed by atoms with van der Waals surface area (Å²) < 4.78 is 5.62. The van der Waals surface area contributed by atoms with Crippen LogP contribution in [0.15, 0.2) is 54.7 Å². The van der Waals surface area contributed by atoms with Crippen LogP contribution in [0, 0.1) is 0 Å². The zero-order valence-electron chi connectivity index (χ0n) is 13.7. The van der Waals surface area contributed by atoms with E-state index in [1.165, 1.54) is 0 Å². The van der Waals surface area contributed by atoms with E-state index in [0.717, 1.165) is 29.3 Å². The first-order valence-corrected chi connectivity index (χ1v) is 8.81. The van der Waals surface area contributed by atoms with E-state index in [1.807, 2.05) is 17.2 Å². The number of carbonyl (C=O) groups excluding carboxylic acids is 1. The quantitative estimate of drug-likeness (QED) is 0.713. The molecule has 0 radical (unpaired) electrons. The van der Waals surface area contributed by atoms with Crippen LogP contribution in [0.25, 0.3) is 10.9 Å². The summed E-state index contributed by atoms with van der Waals surface area (Å²) in [6.45, 7) is 0.666. The van der Waals surface area contributed by atoms with Crippen LogP contribution in [-0.2, 0) is 11.3 Å².